The van der Waals surface area contributed by atoms with Gasteiger partial charge in [0.25, 0.3) is 0 Å². The molecule has 0 radical (unpaired) electrons. The Kier molecular flexibility index (Phi) is 3.60. The normalized spacial score (nSPS) is 28.7. The Morgan fingerprint density at radius 3 is 2.70 bits per heavy atom. The molecular formula is C18H21NO4. The van der Waals surface area contributed by atoms with Gasteiger partial charge in [-0.15, -0.1) is 0 Å². The van der Waals surface area contributed by atoms with Crippen LogP contribution in [0.5, 0.6) is 0 Å². The number of hydrogen-bond donors (Lipinski definition) is 0. The topological polar surface area (TPSA) is 55.8 Å². The molecule has 5 nitrogen and oxygen atoms in total. The van der Waals surface area contributed by atoms with E-state index in [1.807, 2.05) is 30.3 Å². The summed E-state index contributed by atoms with van der Waals surface area (Å²) in [5.41, 5.74) is 1.19. The number of rotatable bonds is 3. The third-order valence-corrected chi connectivity index (χ3v) is 5.49. The number of ether oxygens (including phenoxy) is 2. The molecule has 1 saturated carbocycles. The second kappa shape index (κ2) is 5.64. The van der Waals surface area contributed by atoms with Crippen molar-refractivity contribution in [1.29, 1.82) is 0 Å². The van der Waals surface area contributed by atoms with Gasteiger partial charge in [-0.1, -0.05) is 30.3 Å². The number of hydrogen-bond acceptors (Lipinski definition) is 4. The van der Waals surface area contributed by atoms with Gasteiger partial charge in [0.1, 0.15) is 6.61 Å². The highest BCUT2D eigenvalue weighted by atomic mass is 16.6. The maximum Gasteiger partial charge on any atom is 0.416 e. The van der Waals surface area contributed by atoms with Gasteiger partial charge >= 0.3 is 6.09 Å². The molecule has 3 fully saturated rings. The van der Waals surface area contributed by atoms with Gasteiger partial charge in [-0.3, -0.25) is 4.79 Å². The number of benzene rings is 1. The second-order valence-corrected chi connectivity index (χ2v) is 6.86. The quantitative estimate of drug-likeness (QED) is 0.859. The molecule has 5 heteroatoms. The maximum atomic E-state index is 12.9. The Balaban J connectivity index is 1.47. The summed E-state index contributed by atoms with van der Waals surface area (Å²) in [6.07, 6.45) is 2.91. The fraction of sp³-hybridized carbons (Fsp3) is 0.556. The zero-order chi connectivity index (χ0) is 15.9. The number of nitrogens with zero attached hydrogens (tertiary/aromatic N) is 1. The number of cyclic esters (lactones) is 1. The molecule has 122 valence electrons. The minimum absolute atomic E-state index is 0.0321. The summed E-state index contributed by atoms with van der Waals surface area (Å²) < 4.78 is 10.6. The molecule has 0 N–H and O–H groups in total. The van der Waals surface area contributed by atoms with Gasteiger partial charge in [-0.2, -0.15) is 0 Å². The molecule has 4 rings (SSSR count). The first-order valence-electron chi connectivity index (χ1n) is 8.31. The molecule has 23 heavy (non-hydrogen) atoms. The van der Waals surface area contributed by atoms with Crippen LogP contribution < -0.4 is 0 Å². The van der Waals surface area contributed by atoms with Crippen molar-refractivity contribution < 1.29 is 19.1 Å². The van der Waals surface area contributed by atoms with Crippen molar-refractivity contribution in [2.45, 2.75) is 31.7 Å². The summed E-state index contributed by atoms with van der Waals surface area (Å²) in [5, 5.41) is 0. The first-order valence-corrected chi connectivity index (χ1v) is 8.31. The fourth-order valence-electron chi connectivity index (χ4n) is 3.96. The highest BCUT2D eigenvalue weighted by Crippen LogP contribution is 2.60. The molecular weight excluding hydrogens is 294 g/mol. The standard InChI is InChI=1S/C18H21NO4/c20-16(15-11-18(15)6-8-22-9-7-18)19-14(12-23-17(19)21)10-13-4-2-1-3-5-13/h1-5,14-15H,6-12H2/t14?,15-/m0/s1. The summed E-state index contributed by atoms with van der Waals surface area (Å²) in [6, 6.07) is 9.75. The average molecular weight is 315 g/mol. The van der Waals surface area contributed by atoms with Crippen LogP contribution >= 0.6 is 0 Å². The van der Waals surface area contributed by atoms with E-state index in [1.54, 1.807) is 0 Å². The maximum absolute atomic E-state index is 12.9. The smallest absolute Gasteiger partial charge is 0.416 e. The van der Waals surface area contributed by atoms with Gasteiger partial charge in [0, 0.05) is 19.1 Å². The van der Waals surface area contributed by atoms with Gasteiger partial charge in [-0.05, 0) is 36.7 Å². The second-order valence-electron chi connectivity index (χ2n) is 6.86. The molecule has 2 aliphatic heterocycles. The van der Waals surface area contributed by atoms with E-state index < -0.39 is 6.09 Å². The molecule has 1 aliphatic carbocycles. The molecule has 2 saturated heterocycles. The number of amides is 2. The lowest BCUT2D eigenvalue weighted by molar-refractivity contribution is -0.131. The lowest BCUT2D eigenvalue weighted by Crippen LogP contribution is -2.42. The van der Waals surface area contributed by atoms with Crippen molar-refractivity contribution in [2.24, 2.45) is 11.3 Å². The molecule has 1 unspecified atom stereocenters. The minimum Gasteiger partial charge on any atom is -0.447 e. The van der Waals surface area contributed by atoms with Gasteiger partial charge in [0.15, 0.2) is 0 Å². The molecule has 1 aromatic carbocycles. The third kappa shape index (κ3) is 2.63. The largest absolute Gasteiger partial charge is 0.447 e. The number of carbonyl (C=O) groups is 2. The number of imide groups is 1. The van der Waals surface area contributed by atoms with Crippen molar-refractivity contribution in [3.63, 3.8) is 0 Å². The van der Waals surface area contributed by atoms with Crippen molar-refractivity contribution in [2.75, 3.05) is 19.8 Å². The summed E-state index contributed by atoms with van der Waals surface area (Å²) in [7, 11) is 0. The van der Waals surface area contributed by atoms with E-state index in [-0.39, 0.29) is 23.3 Å². The summed E-state index contributed by atoms with van der Waals surface area (Å²) in [6.45, 7) is 1.74. The highest BCUT2D eigenvalue weighted by Gasteiger charge is 2.60. The molecule has 2 amide bonds. The average Bonchev–Trinajstić information content (AvgIpc) is 3.14. The van der Waals surface area contributed by atoms with Crippen molar-refractivity contribution in [3.8, 4) is 0 Å². The molecule has 3 aliphatic rings. The van der Waals surface area contributed by atoms with Crippen LogP contribution in [0.3, 0.4) is 0 Å². The molecule has 0 bridgehead atoms. The van der Waals surface area contributed by atoms with Gasteiger partial charge in [-0.25, -0.2) is 9.69 Å². The Morgan fingerprint density at radius 1 is 1.22 bits per heavy atom. The third-order valence-electron chi connectivity index (χ3n) is 5.49. The van der Waals surface area contributed by atoms with Crippen LogP contribution in [0, 0.1) is 11.3 Å². The lowest BCUT2D eigenvalue weighted by Gasteiger charge is -2.25. The van der Waals surface area contributed by atoms with Crippen LogP contribution in [0.4, 0.5) is 4.79 Å². The van der Waals surface area contributed by atoms with E-state index in [0.29, 0.717) is 13.0 Å². The minimum atomic E-state index is -0.481. The molecule has 1 spiro atoms. The lowest BCUT2D eigenvalue weighted by atomic mass is 9.93. The van der Waals surface area contributed by atoms with E-state index >= 15 is 0 Å². The summed E-state index contributed by atoms with van der Waals surface area (Å²) in [5.74, 6) is -0.0781. The van der Waals surface area contributed by atoms with Crippen LogP contribution in [0.1, 0.15) is 24.8 Å². The van der Waals surface area contributed by atoms with Crippen LogP contribution in [0.15, 0.2) is 30.3 Å². The molecule has 0 aromatic heterocycles. The predicted molar refractivity (Wildman–Crippen MR) is 82.7 cm³/mol. The van der Waals surface area contributed by atoms with Crippen molar-refractivity contribution in [3.05, 3.63) is 35.9 Å². The zero-order valence-electron chi connectivity index (χ0n) is 13.1. The van der Waals surface area contributed by atoms with E-state index in [2.05, 4.69) is 0 Å². The van der Waals surface area contributed by atoms with E-state index in [1.165, 1.54) is 4.90 Å². The van der Waals surface area contributed by atoms with E-state index in [4.69, 9.17) is 9.47 Å². The highest BCUT2D eigenvalue weighted by molar-refractivity contribution is 5.96. The SMILES string of the molecule is O=C1OCC(Cc2ccccc2)N1C(=O)[C@@H]1CC12CCOCC2. The van der Waals surface area contributed by atoms with E-state index in [0.717, 1.165) is 38.0 Å². The Labute approximate surface area is 135 Å². The molecule has 1 aromatic rings. The van der Waals surface area contributed by atoms with Gasteiger partial charge in [0.05, 0.1) is 6.04 Å². The monoisotopic (exact) mass is 315 g/mol. The Morgan fingerprint density at radius 2 is 1.96 bits per heavy atom. The number of carbonyl (C=O) groups excluding carboxylic acids is 2. The Hall–Kier alpha value is -1.88. The van der Waals surface area contributed by atoms with Gasteiger partial charge in [0.2, 0.25) is 5.91 Å². The summed E-state index contributed by atoms with van der Waals surface area (Å²) in [4.78, 5) is 26.3. The Bertz CT molecular complexity index is 609. The van der Waals surface area contributed by atoms with Crippen LogP contribution in [0.2, 0.25) is 0 Å². The molecule has 2 heterocycles. The first kappa shape index (κ1) is 14.7. The van der Waals surface area contributed by atoms with Crippen molar-refractivity contribution >= 4 is 12.0 Å². The van der Waals surface area contributed by atoms with Crippen LogP contribution in [-0.4, -0.2) is 42.8 Å². The van der Waals surface area contributed by atoms with Crippen molar-refractivity contribution in [1.82, 2.24) is 4.90 Å². The van der Waals surface area contributed by atoms with Crippen LogP contribution in [0.25, 0.3) is 0 Å². The predicted octanol–water partition coefficient (Wildman–Crippen LogP) is 2.39. The molecule has 2 atom stereocenters. The van der Waals surface area contributed by atoms with E-state index in [9.17, 15) is 9.59 Å². The van der Waals surface area contributed by atoms with Crippen LogP contribution in [-0.2, 0) is 20.7 Å². The van der Waals surface area contributed by atoms with Gasteiger partial charge < -0.3 is 9.47 Å². The first-order chi connectivity index (χ1) is 11.2. The summed E-state index contributed by atoms with van der Waals surface area (Å²) >= 11 is 0. The zero-order valence-corrected chi connectivity index (χ0v) is 13.1. The fourth-order valence-corrected chi connectivity index (χ4v) is 3.96.